The van der Waals surface area contributed by atoms with Crippen molar-refractivity contribution in [3.63, 3.8) is 0 Å². The van der Waals surface area contributed by atoms with E-state index in [1.165, 1.54) is 5.56 Å². The van der Waals surface area contributed by atoms with Crippen LogP contribution in [0.5, 0.6) is 0 Å². The second-order valence-electron chi connectivity index (χ2n) is 10.6. The Morgan fingerprint density at radius 2 is 1.71 bits per heavy atom. The van der Waals surface area contributed by atoms with E-state index in [2.05, 4.69) is 43.9 Å². The summed E-state index contributed by atoms with van der Waals surface area (Å²) in [7, 11) is 0. The normalized spacial score (nSPS) is 19.1. The first kappa shape index (κ1) is 29.2. The molecule has 1 atom stereocenters. The second-order valence-corrected chi connectivity index (χ2v) is 10.6. The first-order chi connectivity index (χ1) is 16.7. The fourth-order valence-electron chi connectivity index (χ4n) is 5.25. The molecule has 0 heterocycles. The molecule has 1 saturated carbocycles. The molecular weight excluding hydrogens is 440 g/mol. The SMILES string of the molecule is CCCCN(C(=O)OCc1cccc(CC(C)N(CC)C[C@H]2CC[C@H](CC(=O)O)CC2)c1)C(C)C. The number of aliphatic carboxylic acids is 1. The molecule has 0 saturated heterocycles. The van der Waals surface area contributed by atoms with Crippen LogP contribution in [0, 0.1) is 11.8 Å². The van der Waals surface area contributed by atoms with Crippen LogP contribution in [0.3, 0.4) is 0 Å². The van der Waals surface area contributed by atoms with Gasteiger partial charge in [0.05, 0.1) is 0 Å². The van der Waals surface area contributed by atoms with Crippen molar-refractivity contribution >= 4 is 12.1 Å². The summed E-state index contributed by atoms with van der Waals surface area (Å²) in [5.41, 5.74) is 2.29. The number of rotatable bonds is 14. The Balaban J connectivity index is 1.86. The van der Waals surface area contributed by atoms with Crippen LogP contribution in [0.15, 0.2) is 24.3 Å². The monoisotopic (exact) mass is 488 g/mol. The maximum absolute atomic E-state index is 12.6. The van der Waals surface area contributed by atoms with Crippen molar-refractivity contribution in [1.29, 1.82) is 0 Å². The average Bonchev–Trinajstić information content (AvgIpc) is 2.82. The molecule has 0 aliphatic heterocycles. The van der Waals surface area contributed by atoms with Gasteiger partial charge in [0.2, 0.25) is 0 Å². The molecule has 0 aromatic heterocycles. The van der Waals surface area contributed by atoms with Crippen molar-refractivity contribution in [3.05, 3.63) is 35.4 Å². The lowest BCUT2D eigenvalue weighted by atomic mass is 9.80. The summed E-state index contributed by atoms with van der Waals surface area (Å²) in [6, 6.07) is 8.96. The number of carboxylic acids is 1. The third-order valence-corrected chi connectivity index (χ3v) is 7.45. The number of carbonyl (C=O) groups excluding carboxylic acids is 1. The van der Waals surface area contributed by atoms with Crippen LogP contribution < -0.4 is 0 Å². The molecule has 1 aromatic carbocycles. The molecule has 1 fully saturated rings. The van der Waals surface area contributed by atoms with Gasteiger partial charge in [-0.3, -0.25) is 4.79 Å². The minimum atomic E-state index is -0.664. The Labute approximate surface area is 213 Å². The largest absolute Gasteiger partial charge is 0.481 e. The van der Waals surface area contributed by atoms with Crippen molar-refractivity contribution in [2.24, 2.45) is 11.8 Å². The van der Waals surface area contributed by atoms with Gasteiger partial charge in [-0.15, -0.1) is 0 Å². The number of amides is 1. The highest BCUT2D eigenvalue weighted by Gasteiger charge is 2.25. The summed E-state index contributed by atoms with van der Waals surface area (Å²) in [5.74, 6) is 0.347. The lowest BCUT2D eigenvalue weighted by Crippen LogP contribution is -2.39. The van der Waals surface area contributed by atoms with E-state index < -0.39 is 5.97 Å². The predicted octanol–water partition coefficient (Wildman–Crippen LogP) is 6.37. The predicted molar refractivity (Wildman–Crippen MR) is 141 cm³/mol. The Hall–Kier alpha value is -2.08. The molecule has 6 heteroatoms. The number of nitrogens with zero attached hydrogens (tertiary/aromatic N) is 2. The van der Waals surface area contributed by atoms with E-state index in [4.69, 9.17) is 9.84 Å². The Morgan fingerprint density at radius 3 is 2.31 bits per heavy atom. The van der Waals surface area contributed by atoms with Crippen LogP contribution in [-0.2, 0) is 22.6 Å². The molecule has 1 N–H and O–H groups in total. The highest BCUT2D eigenvalue weighted by molar-refractivity contribution is 5.68. The van der Waals surface area contributed by atoms with Crippen LogP contribution in [0.1, 0.15) is 90.7 Å². The van der Waals surface area contributed by atoms with Crippen LogP contribution >= 0.6 is 0 Å². The summed E-state index contributed by atoms with van der Waals surface area (Å²) >= 11 is 0. The van der Waals surface area contributed by atoms with E-state index in [9.17, 15) is 9.59 Å². The zero-order valence-electron chi connectivity index (χ0n) is 22.7. The highest BCUT2D eigenvalue weighted by Crippen LogP contribution is 2.31. The molecule has 0 spiro atoms. The number of benzene rings is 1. The first-order valence-electron chi connectivity index (χ1n) is 13.7. The fraction of sp³-hybridized carbons (Fsp3) is 0.724. The molecule has 1 aromatic rings. The summed E-state index contributed by atoms with van der Waals surface area (Å²) in [6.07, 6.45) is 7.42. The quantitative estimate of drug-likeness (QED) is 0.330. The van der Waals surface area contributed by atoms with Gasteiger partial charge in [-0.2, -0.15) is 0 Å². The third kappa shape index (κ3) is 10.2. The minimum absolute atomic E-state index is 0.133. The zero-order valence-corrected chi connectivity index (χ0v) is 22.7. The molecule has 35 heavy (non-hydrogen) atoms. The zero-order chi connectivity index (χ0) is 25.8. The maximum atomic E-state index is 12.6. The van der Waals surface area contributed by atoms with Gasteiger partial charge < -0.3 is 19.6 Å². The van der Waals surface area contributed by atoms with Crippen LogP contribution in [0.2, 0.25) is 0 Å². The van der Waals surface area contributed by atoms with E-state index in [1.54, 1.807) is 0 Å². The van der Waals surface area contributed by atoms with Gasteiger partial charge in [-0.05, 0) is 88.8 Å². The number of hydrogen-bond acceptors (Lipinski definition) is 4. The van der Waals surface area contributed by atoms with E-state index in [1.807, 2.05) is 24.8 Å². The number of ether oxygens (including phenoxy) is 1. The van der Waals surface area contributed by atoms with Crippen molar-refractivity contribution in [2.75, 3.05) is 19.6 Å². The van der Waals surface area contributed by atoms with Gasteiger partial charge in [-0.1, -0.05) is 44.5 Å². The van der Waals surface area contributed by atoms with E-state index in [0.29, 0.717) is 30.9 Å². The number of likely N-dealkylation sites (N-methyl/N-ethyl adjacent to an activating group) is 1. The van der Waals surface area contributed by atoms with Gasteiger partial charge >= 0.3 is 12.1 Å². The smallest absolute Gasteiger partial charge is 0.410 e. The minimum Gasteiger partial charge on any atom is -0.481 e. The molecule has 1 aliphatic carbocycles. The second kappa shape index (κ2) is 15.1. The fourth-order valence-corrected chi connectivity index (χ4v) is 5.25. The standard InChI is InChI=1S/C29H48N2O4/c1-6-8-16-31(22(3)4)29(34)35-21-27-11-9-10-26(18-27)17-23(5)30(7-2)20-25-14-12-24(13-15-25)19-28(32)33/h9-11,18,22-25H,6-8,12-17,19-21H2,1-5H3,(H,32,33)/t23?,24-,25-. The van der Waals surface area contributed by atoms with Crippen LogP contribution in [0.25, 0.3) is 0 Å². The number of unbranched alkanes of at least 4 members (excludes halogenated alkanes) is 1. The average molecular weight is 489 g/mol. The maximum Gasteiger partial charge on any atom is 0.410 e. The summed E-state index contributed by atoms with van der Waals surface area (Å²) in [4.78, 5) is 27.9. The highest BCUT2D eigenvalue weighted by atomic mass is 16.6. The third-order valence-electron chi connectivity index (χ3n) is 7.45. The van der Waals surface area contributed by atoms with Crippen molar-refractivity contribution in [3.8, 4) is 0 Å². The topological polar surface area (TPSA) is 70.1 Å². The molecule has 2 rings (SSSR count). The van der Waals surface area contributed by atoms with Crippen molar-refractivity contribution in [1.82, 2.24) is 9.80 Å². The Bertz CT molecular complexity index is 774. The lowest BCUT2D eigenvalue weighted by molar-refractivity contribution is -0.138. The van der Waals surface area contributed by atoms with Gasteiger partial charge in [0.25, 0.3) is 0 Å². The molecule has 0 bridgehead atoms. The van der Waals surface area contributed by atoms with Gasteiger partial charge in [0.15, 0.2) is 0 Å². The molecule has 0 radical (unpaired) electrons. The van der Waals surface area contributed by atoms with Gasteiger partial charge in [0.1, 0.15) is 6.61 Å². The summed E-state index contributed by atoms with van der Waals surface area (Å²) in [6.45, 7) is 13.8. The van der Waals surface area contributed by atoms with Gasteiger partial charge in [-0.25, -0.2) is 4.79 Å². The summed E-state index contributed by atoms with van der Waals surface area (Å²) in [5, 5.41) is 9.05. The molecule has 1 aliphatic rings. The Morgan fingerprint density at radius 1 is 1.06 bits per heavy atom. The molecular formula is C29H48N2O4. The lowest BCUT2D eigenvalue weighted by Gasteiger charge is -2.35. The summed E-state index contributed by atoms with van der Waals surface area (Å²) < 4.78 is 5.65. The van der Waals surface area contributed by atoms with E-state index in [0.717, 1.165) is 70.1 Å². The number of carbonyl (C=O) groups is 2. The van der Waals surface area contributed by atoms with E-state index in [-0.39, 0.29) is 12.1 Å². The van der Waals surface area contributed by atoms with E-state index >= 15 is 0 Å². The van der Waals surface area contributed by atoms with Crippen molar-refractivity contribution in [2.45, 2.75) is 105 Å². The molecule has 1 unspecified atom stereocenters. The van der Waals surface area contributed by atoms with Crippen LogP contribution in [-0.4, -0.2) is 58.7 Å². The number of carboxylic acid groups (broad SMARTS) is 1. The molecule has 198 valence electrons. The van der Waals surface area contributed by atoms with Gasteiger partial charge in [0, 0.05) is 31.6 Å². The number of hydrogen-bond donors (Lipinski definition) is 1. The Kier molecular flexibility index (Phi) is 12.6. The van der Waals surface area contributed by atoms with Crippen LogP contribution in [0.4, 0.5) is 4.79 Å². The first-order valence-corrected chi connectivity index (χ1v) is 13.7. The molecule has 1 amide bonds. The molecule has 6 nitrogen and oxygen atoms in total. The van der Waals surface area contributed by atoms with Crippen molar-refractivity contribution < 1.29 is 19.4 Å².